The molecule has 130 valence electrons. The van der Waals surface area contributed by atoms with Crippen molar-refractivity contribution in [2.24, 2.45) is 0 Å². The average molecular weight is 359 g/mol. The molecule has 0 unspecified atom stereocenters. The van der Waals surface area contributed by atoms with Crippen LogP contribution in [0.15, 0.2) is 0 Å². The van der Waals surface area contributed by atoms with Crippen LogP contribution in [0.5, 0.6) is 0 Å². The summed E-state index contributed by atoms with van der Waals surface area (Å²) >= 11 is 0. The molecule has 0 saturated heterocycles. The van der Waals surface area contributed by atoms with Crippen LogP contribution in [0.25, 0.3) is 0 Å². The summed E-state index contributed by atoms with van der Waals surface area (Å²) in [4.78, 5) is 60.2. The number of rotatable bonds is 6. The van der Waals surface area contributed by atoms with Gasteiger partial charge in [0.05, 0.1) is 19.3 Å². The molecule has 0 N–H and O–H groups in total. The van der Waals surface area contributed by atoms with Crippen LogP contribution >= 0.6 is 0 Å². The van der Waals surface area contributed by atoms with Crippen LogP contribution in [-0.2, 0) is 45.3 Å². The Bertz CT molecular complexity index is 314. The smallest absolute Gasteiger partial charge is 0.137 e. The molecule has 22 heavy (non-hydrogen) atoms. The van der Waals surface area contributed by atoms with E-state index in [0.29, 0.717) is 0 Å². The van der Waals surface area contributed by atoms with Crippen LogP contribution in [0, 0.1) is 0 Å². The van der Waals surface area contributed by atoms with Gasteiger partial charge in [-0.1, -0.05) is 0 Å². The molecule has 0 aliphatic heterocycles. The molecule has 0 aromatic heterocycles. The Hall–Kier alpha value is -1.49. The summed E-state index contributed by atoms with van der Waals surface area (Å²) < 4.78 is 0. The maximum absolute atomic E-state index is 10.0. The van der Waals surface area contributed by atoms with Gasteiger partial charge in [-0.25, -0.2) is 0 Å². The van der Waals surface area contributed by atoms with E-state index in [4.69, 9.17) is 0 Å². The molecule has 0 aromatic carbocycles. The van der Waals surface area contributed by atoms with Gasteiger partial charge in [0.1, 0.15) is 34.7 Å². The van der Waals surface area contributed by atoms with E-state index in [1.165, 1.54) is 41.5 Å². The maximum atomic E-state index is 10.0. The second kappa shape index (κ2) is 17.6. The van der Waals surface area contributed by atoms with Crippen LogP contribution < -0.4 is 0 Å². The van der Waals surface area contributed by atoms with Gasteiger partial charge in [0.2, 0.25) is 0 Å². The van der Waals surface area contributed by atoms with E-state index in [1.54, 1.807) is 0 Å². The Kier molecular flexibility index (Phi) is 22.9. The molecule has 0 heterocycles. The number of carbonyl (C=O) groups is 6. The molecular weight excluding hydrogens is 335 g/mol. The third-order valence-corrected chi connectivity index (χ3v) is 1.49. The maximum Gasteiger partial charge on any atom is 0.137 e. The van der Waals surface area contributed by atoms with Crippen molar-refractivity contribution in [2.75, 3.05) is 0 Å². The summed E-state index contributed by atoms with van der Waals surface area (Å²) in [6.07, 6.45) is 0.250. The van der Waals surface area contributed by atoms with E-state index < -0.39 is 0 Å². The zero-order valence-corrected chi connectivity index (χ0v) is 14.9. The Morgan fingerprint density at radius 3 is 0.500 bits per heavy atom. The molecule has 0 aromatic rings. The third-order valence-electron chi connectivity index (χ3n) is 1.49. The Balaban J connectivity index is -0.000000108. The minimum atomic E-state index is -0.0625. The van der Waals surface area contributed by atoms with Gasteiger partial charge >= 0.3 is 0 Å². The van der Waals surface area contributed by atoms with E-state index in [-0.39, 0.29) is 70.5 Å². The SMILES string of the molecule is CC(=O)CC(C)=O.CC(=O)CC(C)=O.CC(=O)CC(C)=O.[Ni]. The zero-order chi connectivity index (χ0) is 17.6. The van der Waals surface area contributed by atoms with Gasteiger partial charge in [-0.05, 0) is 41.5 Å². The topological polar surface area (TPSA) is 102 Å². The van der Waals surface area contributed by atoms with Crippen molar-refractivity contribution in [2.45, 2.75) is 60.8 Å². The molecule has 0 saturated carbocycles. The molecule has 0 atom stereocenters. The van der Waals surface area contributed by atoms with Gasteiger partial charge in [-0.3, -0.25) is 28.8 Å². The zero-order valence-electron chi connectivity index (χ0n) is 13.9. The summed E-state index contributed by atoms with van der Waals surface area (Å²) in [6, 6.07) is 0. The largest absolute Gasteiger partial charge is 0.300 e. The van der Waals surface area contributed by atoms with Crippen LogP contribution in [0.1, 0.15) is 60.8 Å². The minimum absolute atomic E-state index is 0. The van der Waals surface area contributed by atoms with Crippen molar-refractivity contribution in [3.63, 3.8) is 0 Å². The van der Waals surface area contributed by atoms with E-state index in [9.17, 15) is 28.8 Å². The van der Waals surface area contributed by atoms with E-state index in [2.05, 4.69) is 0 Å². The minimum Gasteiger partial charge on any atom is -0.300 e. The summed E-state index contributed by atoms with van der Waals surface area (Å²) in [5, 5.41) is 0. The van der Waals surface area contributed by atoms with Gasteiger partial charge in [-0.2, -0.15) is 0 Å². The third kappa shape index (κ3) is 51.4. The van der Waals surface area contributed by atoms with Crippen molar-refractivity contribution in [1.29, 1.82) is 0 Å². The summed E-state index contributed by atoms with van der Waals surface area (Å²) in [5.41, 5.74) is 0. The molecule has 0 amide bonds. The van der Waals surface area contributed by atoms with Gasteiger partial charge in [0, 0.05) is 16.5 Å². The van der Waals surface area contributed by atoms with Crippen LogP contribution in [0.2, 0.25) is 0 Å². The predicted molar refractivity (Wildman–Crippen MR) is 77.9 cm³/mol. The predicted octanol–water partition coefficient (Wildman–Crippen LogP) is 1.66. The van der Waals surface area contributed by atoms with Gasteiger partial charge < -0.3 is 0 Å². The van der Waals surface area contributed by atoms with Crippen LogP contribution in [0.4, 0.5) is 0 Å². The van der Waals surface area contributed by atoms with Crippen molar-refractivity contribution in [3.05, 3.63) is 0 Å². The number of hydrogen-bond acceptors (Lipinski definition) is 6. The average Bonchev–Trinajstić information content (AvgIpc) is 2.10. The van der Waals surface area contributed by atoms with Crippen molar-refractivity contribution < 1.29 is 45.3 Å². The number of hydrogen-bond donors (Lipinski definition) is 0. The number of carbonyl (C=O) groups excluding carboxylic acids is 6. The Morgan fingerprint density at radius 1 is 0.409 bits per heavy atom. The van der Waals surface area contributed by atoms with Crippen LogP contribution in [0.3, 0.4) is 0 Å². The van der Waals surface area contributed by atoms with Crippen LogP contribution in [-0.4, -0.2) is 34.7 Å². The molecule has 0 aliphatic rings. The van der Waals surface area contributed by atoms with E-state index >= 15 is 0 Å². The van der Waals surface area contributed by atoms with Crippen molar-refractivity contribution >= 4 is 34.7 Å². The van der Waals surface area contributed by atoms with Crippen molar-refractivity contribution in [1.82, 2.24) is 0 Å². The Morgan fingerprint density at radius 2 is 0.500 bits per heavy atom. The summed E-state index contributed by atoms with van der Waals surface area (Å²) in [6.45, 7) is 8.42. The molecule has 0 spiro atoms. The van der Waals surface area contributed by atoms with Gasteiger partial charge in [0.25, 0.3) is 0 Å². The summed E-state index contributed by atoms with van der Waals surface area (Å²) in [5.74, 6) is -0.375. The van der Waals surface area contributed by atoms with Gasteiger partial charge in [0.15, 0.2) is 0 Å². The molecule has 0 bridgehead atoms. The first-order chi connectivity index (χ1) is 9.38. The Labute approximate surface area is 141 Å². The first-order valence-electron chi connectivity index (χ1n) is 6.35. The first kappa shape index (κ1) is 28.6. The fraction of sp³-hybridized carbons (Fsp3) is 0.600. The quantitative estimate of drug-likeness (QED) is 0.528. The molecule has 7 heteroatoms. The van der Waals surface area contributed by atoms with E-state index in [0.717, 1.165) is 0 Å². The molecule has 0 radical (unpaired) electrons. The molecule has 6 nitrogen and oxygen atoms in total. The second-order valence-electron chi connectivity index (χ2n) is 4.74. The van der Waals surface area contributed by atoms with Gasteiger partial charge in [-0.15, -0.1) is 0 Å². The number of Topliss-reactive ketones (excluding diaryl/α,β-unsaturated/α-hetero) is 6. The second-order valence-corrected chi connectivity index (χ2v) is 4.74. The molecule has 0 rings (SSSR count). The standard InChI is InChI=1S/3C5H8O2.Ni/c3*1-4(6)3-5(2)7;/h3*3H2,1-2H3;. The molecule has 0 aliphatic carbocycles. The molecule has 0 fully saturated rings. The fourth-order valence-corrected chi connectivity index (χ4v) is 1.05. The number of ketones is 6. The molecular formula is C15H24NiO6. The fourth-order valence-electron chi connectivity index (χ4n) is 1.05. The monoisotopic (exact) mass is 358 g/mol. The first-order valence-corrected chi connectivity index (χ1v) is 6.35. The normalized spacial score (nSPS) is 7.91. The summed E-state index contributed by atoms with van der Waals surface area (Å²) in [7, 11) is 0. The van der Waals surface area contributed by atoms with E-state index in [1.807, 2.05) is 0 Å². The van der Waals surface area contributed by atoms with Crippen molar-refractivity contribution in [3.8, 4) is 0 Å².